The molecule has 0 fully saturated rings. The van der Waals surface area contributed by atoms with Crippen LogP contribution in [0.5, 0.6) is 5.75 Å². The summed E-state index contributed by atoms with van der Waals surface area (Å²) in [5, 5.41) is 16.7. The molecule has 3 rings (SSSR count). The highest BCUT2D eigenvalue weighted by atomic mass is 16.6. The van der Waals surface area contributed by atoms with Crippen LogP contribution < -0.4 is 10.2 Å². The van der Waals surface area contributed by atoms with Crippen molar-refractivity contribution in [1.29, 1.82) is 0 Å². The van der Waals surface area contributed by atoms with Crippen molar-refractivity contribution < 1.29 is 14.5 Å². The molecule has 0 radical (unpaired) electrons. The number of hydrogen-bond donors (Lipinski definition) is 1. The van der Waals surface area contributed by atoms with E-state index in [9.17, 15) is 14.9 Å². The predicted octanol–water partition coefficient (Wildman–Crippen LogP) is 3.45. The summed E-state index contributed by atoms with van der Waals surface area (Å²) in [6.45, 7) is 0. The second-order valence-corrected chi connectivity index (χ2v) is 5.80. The Kier molecular flexibility index (Phi) is 5.41. The highest BCUT2D eigenvalue weighted by Gasteiger charge is 2.08. The summed E-state index contributed by atoms with van der Waals surface area (Å²) in [6, 6.07) is 17.5. The van der Waals surface area contributed by atoms with Crippen molar-refractivity contribution in [2.24, 2.45) is 5.10 Å². The van der Waals surface area contributed by atoms with E-state index in [4.69, 9.17) is 4.74 Å². The minimum atomic E-state index is -0.480. The number of nitrogens with one attached hydrogen (secondary N) is 1. The van der Waals surface area contributed by atoms with Gasteiger partial charge in [0.2, 0.25) is 5.91 Å². The van der Waals surface area contributed by atoms with E-state index < -0.39 is 4.92 Å². The van der Waals surface area contributed by atoms with Crippen LogP contribution in [0.25, 0.3) is 10.8 Å². The molecule has 0 atom stereocenters. The number of nitro groups is 1. The van der Waals surface area contributed by atoms with Gasteiger partial charge in [-0.3, -0.25) is 14.9 Å². The van der Waals surface area contributed by atoms with E-state index in [0.717, 1.165) is 16.3 Å². The first-order valence-electron chi connectivity index (χ1n) is 8.19. The molecule has 0 saturated heterocycles. The van der Waals surface area contributed by atoms with Crippen LogP contribution in [0.4, 0.5) is 5.69 Å². The molecule has 27 heavy (non-hydrogen) atoms. The van der Waals surface area contributed by atoms with Gasteiger partial charge < -0.3 is 4.74 Å². The third kappa shape index (κ3) is 4.27. The summed E-state index contributed by atoms with van der Waals surface area (Å²) in [5.74, 6) is 0.335. The third-order valence-electron chi connectivity index (χ3n) is 4.05. The van der Waals surface area contributed by atoms with Crippen LogP contribution in [0.2, 0.25) is 0 Å². The highest BCUT2D eigenvalue weighted by molar-refractivity contribution is 6.02. The maximum Gasteiger partial charge on any atom is 0.269 e. The van der Waals surface area contributed by atoms with Crippen molar-refractivity contribution in [3.63, 3.8) is 0 Å². The van der Waals surface area contributed by atoms with Crippen LogP contribution in [-0.2, 0) is 11.2 Å². The van der Waals surface area contributed by atoms with E-state index in [1.807, 2.05) is 36.4 Å². The number of hydrogen-bond acceptors (Lipinski definition) is 5. The molecule has 0 saturated carbocycles. The van der Waals surface area contributed by atoms with Crippen LogP contribution >= 0.6 is 0 Å². The van der Waals surface area contributed by atoms with E-state index >= 15 is 0 Å². The number of benzene rings is 3. The summed E-state index contributed by atoms with van der Waals surface area (Å²) in [7, 11) is 1.58. The molecule has 7 heteroatoms. The maximum absolute atomic E-state index is 12.0. The second-order valence-electron chi connectivity index (χ2n) is 5.80. The molecule has 136 valence electrons. The molecule has 1 N–H and O–H groups in total. The number of methoxy groups -OCH3 is 1. The van der Waals surface area contributed by atoms with Gasteiger partial charge in [0.15, 0.2) is 0 Å². The molecule has 3 aromatic rings. The van der Waals surface area contributed by atoms with Gasteiger partial charge in [0.1, 0.15) is 5.75 Å². The van der Waals surface area contributed by atoms with Gasteiger partial charge in [-0.25, -0.2) is 5.43 Å². The Morgan fingerprint density at radius 1 is 1.15 bits per heavy atom. The van der Waals surface area contributed by atoms with Gasteiger partial charge in [-0.1, -0.05) is 42.5 Å². The Labute approximate surface area is 155 Å². The monoisotopic (exact) mass is 363 g/mol. The summed E-state index contributed by atoms with van der Waals surface area (Å²) >= 11 is 0. The highest BCUT2D eigenvalue weighted by Crippen LogP contribution is 2.26. The van der Waals surface area contributed by atoms with Crippen LogP contribution in [0.15, 0.2) is 65.8 Å². The van der Waals surface area contributed by atoms with Crippen LogP contribution in [-0.4, -0.2) is 24.2 Å². The molecule has 0 spiro atoms. The van der Waals surface area contributed by atoms with Gasteiger partial charge in [-0.05, 0) is 22.4 Å². The van der Waals surface area contributed by atoms with Crippen LogP contribution in [0.1, 0.15) is 11.1 Å². The summed E-state index contributed by atoms with van der Waals surface area (Å²) < 4.78 is 5.38. The van der Waals surface area contributed by atoms with Crippen molar-refractivity contribution in [2.75, 3.05) is 7.11 Å². The summed E-state index contributed by atoms with van der Waals surface area (Å²) in [4.78, 5) is 22.2. The number of amides is 1. The Hall–Kier alpha value is -3.74. The number of carbonyl (C=O) groups excluding carboxylic acids is 1. The first-order valence-corrected chi connectivity index (χ1v) is 8.19. The third-order valence-corrected chi connectivity index (χ3v) is 4.05. The van der Waals surface area contributed by atoms with E-state index in [-0.39, 0.29) is 18.0 Å². The second kappa shape index (κ2) is 8.09. The molecule has 7 nitrogen and oxygen atoms in total. The Bertz CT molecular complexity index is 1010. The lowest BCUT2D eigenvalue weighted by atomic mass is 10.0. The van der Waals surface area contributed by atoms with Crippen LogP contribution in [0.3, 0.4) is 0 Å². The maximum atomic E-state index is 12.0. The lowest BCUT2D eigenvalue weighted by molar-refractivity contribution is -0.384. The topological polar surface area (TPSA) is 93.8 Å². The number of rotatable bonds is 6. The van der Waals surface area contributed by atoms with Gasteiger partial charge in [0.05, 0.1) is 24.7 Å². The molecule has 0 aliphatic carbocycles. The average molecular weight is 363 g/mol. The fourth-order valence-corrected chi connectivity index (χ4v) is 2.72. The first-order chi connectivity index (χ1) is 13.1. The van der Waals surface area contributed by atoms with Gasteiger partial charge in [-0.2, -0.15) is 5.10 Å². The molecular formula is C20H17N3O4. The lowest BCUT2D eigenvalue weighted by Crippen LogP contribution is -2.19. The molecule has 0 aliphatic heterocycles. The normalized spacial score (nSPS) is 10.9. The lowest BCUT2D eigenvalue weighted by Gasteiger charge is -2.08. The fourth-order valence-electron chi connectivity index (χ4n) is 2.72. The van der Waals surface area contributed by atoms with Crippen molar-refractivity contribution in [3.8, 4) is 5.75 Å². The minimum absolute atomic E-state index is 0.0137. The molecule has 3 aromatic carbocycles. The molecule has 0 aromatic heterocycles. The Balaban J connectivity index is 1.71. The Morgan fingerprint density at radius 3 is 2.59 bits per heavy atom. The molecule has 0 bridgehead atoms. The predicted molar refractivity (Wildman–Crippen MR) is 103 cm³/mol. The van der Waals surface area contributed by atoms with E-state index in [1.54, 1.807) is 25.5 Å². The molecule has 0 unspecified atom stereocenters. The molecule has 0 aliphatic rings. The largest absolute Gasteiger partial charge is 0.496 e. The van der Waals surface area contributed by atoms with Crippen molar-refractivity contribution in [1.82, 2.24) is 5.43 Å². The van der Waals surface area contributed by atoms with Crippen molar-refractivity contribution in [3.05, 3.63) is 81.9 Å². The number of carbonyl (C=O) groups is 1. The van der Waals surface area contributed by atoms with Gasteiger partial charge in [0, 0.05) is 17.7 Å². The molecule has 1 amide bonds. The van der Waals surface area contributed by atoms with Crippen molar-refractivity contribution in [2.45, 2.75) is 6.42 Å². The van der Waals surface area contributed by atoms with E-state index in [1.165, 1.54) is 12.1 Å². The zero-order valence-corrected chi connectivity index (χ0v) is 14.6. The molecular weight excluding hydrogens is 346 g/mol. The quantitative estimate of drug-likeness (QED) is 0.412. The average Bonchev–Trinajstić information content (AvgIpc) is 2.68. The SMILES string of the molecule is COc1ccc2ccccc2c1/C=N\NC(=O)Cc1ccc([N+](=O)[O-])cc1. The fraction of sp³-hybridized carbons (Fsp3) is 0.100. The first kappa shape index (κ1) is 18.1. The number of non-ortho nitro benzene ring substituents is 1. The minimum Gasteiger partial charge on any atom is -0.496 e. The van der Waals surface area contributed by atoms with E-state index in [0.29, 0.717) is 11.3 Å². The smallest absolute Gasteiger partial charge is 0.269 e. The van der Waals surface area contributed by atoms with Crippen molar-refractivity contribution >= 4 is 28.6 Å². The zero-order chi connectivity index (χ0) is 19.2. The van der Waals surface area contributed by atoms with Gasteiger partial charge in [0.25, 0.3) is 5.69 Å². The number of nitro benzene ring substituents is 1. The zero-order valence-electron chi connectivity index (χ0n) is 14.6. The number of hydrazone groups is 1. The van der Waals surface area contributed by atoms with E-state index in [2.05, 4.69) is 10.5 Å². The number of nitrogens with zero attached hydrogens (tertiary/aromatic N) is 2. The molecule has 0 heterocycles. The van der Waals surface area contributed by atoms with Gasteiger partial charge >= 0.3 is 0 Å². The summed E-state index contributed by atoms with van der Waals surface area (Å²) in [5.41, 5.74) is 3.89. The van der Waals surface area contributed by atoms with Gasteiger partial charge in [-0.15, -0.1) is 0 Å². The Morgan fingerprint density at radius 2 is 1.89 bits per heavy atom. The van der Waals surface area contributed by atoms with Crippen LogP contribution in [0, 0.1) is 10.1 Å². The standard InChI is InChI=1S/C20H17N3O4/c1-27-19-11-8-15-4-2-3-5-17(15)18(19)13-21-22-20(24)12-14-6-9-16(10-7-14)23(25)26/h2-11,13H,12H2,1H3,(H,22,24)/b21-13-. The summed E-state index contributed by atoms with van der Waals surface area (Å²) in [6.07, 6.45) is 1.62. The number of ether oxygens (including phenoxy) is 1. The number of fused-ring (bicyclic) bond motifs is 1.